The van der Waals surface area contributed by atoms with Gasteiger partial charge in [0.15, 0.2) is 0 Å². The van der Waals surface area contributed by atoms with E-state index in [0.717, 1.165) is 21.7 Å². The Bertz CT molecular complexity index is 1330. The Morgan fingerprint density at radius 2 is 1.50 bits per heavy atom. The lowest BCUT2D eigenvalue weighted by molar-refractivity contribution is -0.140. The molecule has 1 N–H and O–H groups in total. The minimum atomic E-state index is -3.82. The molecule has 0 aromatic heterocycles. The van der Waals surface area contributed by atoms with Crippen molar-refractivity contribution in [2.75, 3.05) is 23.7 Å². The lowest BCUT2D eigenvalue weighted by atomic mass is 10.1. The van der Waals surface area contributed by atoms with Crippen LogP contribution in [0, 0.1) is 6.92 Å². The molecule has 9 heteroatoms. The summed E-state index contributed by atoms with van der Waals surface area (Å²) in [5, 5.41) is 2.80. The molecule has 0 bridgehead atoms. The quantitative estimate of drug-likeness (QED) is 0.367. The first-order chi connectivity index (χ1) is 18.1. The number of sulfonamides is 1. The van der Waals surface area contributed by atoms with Gasteiger partial charge in [0.2, 0.25) is 21.8 Å². The van der Waals surface area contributed by atoms with Gasteiger partial charge in [0.05, 0.1) is 11.9 Å². The average molecular weight is 538 g/mol. The zero-order valence-corrected chi connectivity index (χ0v) is 23.1. The topological polar surface area (TPSA) is 96.0 Å². The normalized spacial score (nSPS) is 11.9. The van der Waals surface area contributed by atoms with Crippen LogP contribution in [0.2, 0.25) is 0 Å². The number of para-hydroxylation sites is 1. The zero-order chi connectivity index (χ0) is 27.7. The number of likely N-dealkylation sites (N-methyl/N-ethyl adjacent to an activating group) is 1. The van der Waals surface area contributed by atoms with Crippen LogP contribution in [-0.2, 0) is 26.2 Å². The summed E-state index contributed by atoms with van der Waals surface area (Å²) in [6, 6.07) is 22.6. The van der Waals surface area contributed by atoms with Gasteiger partial charge in [0.1, 0.15) is 24.1 Å². The molecule has 202 valence electrons. The van der Waals surface area contributed by atoms with Crippen LogP contribution in [0.1, 0.15) is 31.4 Å². The summed E-state index contributed by atoms with van der Waals surface area (Å²) in [5.41, 5.74) is 2.19. The molecule has 0 fully saturated rings. The third-order valence-electron chi connectivity index (χ3n) is 6.12. The molecule has 1 atom stereocenters. The molecule has 0 saturated carbocycles. The molecule has 3 rings (SSSR count). The Hall–Kier alpha value is -3.85. The maximum Gasteiger partial charge on any atom is 0.244 e. The summed E-state index contributed by atoms with van der Waals surface area (Å²) in [5.74, 6) is 0.438. The molecule has 0 aliphatic carbocycles. The van der Waals surface area contributed by atoms with E-state index in [2.05, 4.69) is 5.32 Å². The van der Waals surface area contributed by atoms with Gasteiger partial charge in [-0.3, -0.25) is 13.9 Å². The Labute approximate surface area is 225 Å². The Morgan fingerprint density at radius 1 is 0.895 bits per heavy atom. The molecular formula is C29H35N3O5S. The number of benzene rings is 3. The lowest BCUT2D eigenvalue weighted by Gasteiger charge is -2.33. The molecular weight excluding hydrogens is 502 g/mol. The smallest absolute Gasteiger partial charge is 0.244 e. The van der Waals surface area contributed by atoms with E-state index in [4.69, 9.17) is 4.74 Å². The van der Waals surface area contributed by atoms with E-state index in [9.17, 15) is 18.0 Å². The van der Waals surface area contributed by atoms with Gasteiger partial charge in [-0.15, -0.1) is 0 Å². The summed E-state index contributed by atoms with van der Waals surface area (Å²) in [4.78, 5) is 28.1. The number of carbonyl (C=O) groups excluding carboxylic acids is 2. The van der Waals surface area contributed by atoms with Crippen molar-refractivity contribution in [1.29, 1.82) is 0 Å². The molecule has 38 heavy (non-hydrogen) atoms. The van der Waals surface area contributed by atoms with Gasteiger partial charge in [0, 0.05) is 13.1 Å². The van der Waals surface area contributed by atoms with E-state index in [1.54, 1.807) is 24.3 Å². The average Bonchev–Trinajstić information content (AvgIpc) is 2.89. The van der Waals surface area contributed by atoms with Gasteiger partial charge in [-0.2, -0.15) is 0 Å². The second-order valence-electron chi connectivity index (χ2n) is 8.95. The highest BCUT2D eigenvalue weighted by molar-refractivity contribution is 7.92. The number of hydrogen-bond donors (Lipinski definition) is 1. The number of amides is 2. The minimum absolute atomic E-state index is 0.183. The zero-order valence-electron chi connectivity index (χ0n) is 22.3. The highest BCUT2D eigenvalue weighted by atomic mass is 32.2. The molecule has 0 unspecified atom stereocenters. The van der Waals surface area contributed by atoms with Crippen molar-refractivity contribution in [3.8, 4) is 11.5 Å². The van der Waals surface area contributed by atoms with Crippen LogP contribution in [0.25, 0.3) is 0 Å². The van der Waals surface area contributed by atoms with Crippen molar-refractivity contribution in [3.05, 3.63) is 90.0 Å². The number of ether oxygens (including phenoxy) is 1. The monoisotopic (exact) mass is 537 g/mol. The van der Waals surface area contributed by atoms with E-state index in [0.29, 0.717) is 30.2 Å². The first-order valence-corrected chi connectivity index (χ1v) is 14.4. The van der Waals surface area contributed by atoms with Crippen molar-refractivity contribution in [2.45, 2.75) is 39.8 Å². The summed E-state index contributed by atoms with van der Waals surface area (Å²) >= 11 is 0. The third-order valence-corrected chi connectivity index (χ3v) is 7.26. The van der Waals surface area contributed by atoms with E-state index >= 15 is 0 Å². The van der Waals surface area contributed by atoms with Crippen molar-refractivity contribution < 1.29 is 22.7 Å². The second kappa shape index (κ2) is 13.1. The van der Waals surface area contributed by atoms with Crippen LogP contribution in [0.5, 0.6) is 11.5 Å². The molecule has 0 aliphatic rings. The standard InChI is InChI=1S/C29H35N3O5S/c1-5-27(29(34)30-6-2)31(20-23-13-11-10-12-22(23)3)28(33)21-32(38(4,35)36)24-16-18-26(19-17-24)37-25-14-8-7-9-15-25/h7-19,27H,5-6,20-21H2,1-4H3,(H,30,34)/t27-/m1/s1. The molecule has 0 spiro atoms. The molecule has 3 aromatic rings. The van der Waals surface area contributed by atoms with Gasteiger partial charge in [-0.05, 0) is 67.8 Å². The summed E-state index contributed by atoms with van der Waals surface area (Å²) in [7, 11) is -3.82. The number of anilines is 1. The van der Waals surface area contributed by atoms with Gasteiger partial charge in [-0.25, -0.2) is 8.42 Å². The van der Waals surface area contributed by atoms with Gasteiger partial charge < -0.3 is 15.0 Å². The highest BCUT2D eigenvalue weighted by Gasteiger charge is 2.31. The Kier molecular flexibility index (Phi) is 9.90. The van der Waals surface area contributed by atoms with Crippen molar-refractivity contribution in [1.82, 2.24) is 10.2 Å². The van der Waals surface area contributed by atoms with Gasteiger partial charge >= 0.3 is 0 Å². The van der Waals surface area contributed by atoms with Crippen LogP contribution in [-0.4, -0.2) is 50.5 Å². The number of rotatable bonds is 12. The molecule has 8 nitrogen and oxygen atoms in total. The van der Waals surface area contributed by atoms with Crippen LogP contribution < -0.4 is 14.4 Å². The largest absolute Gasteiger partial charge is 0.457 e. The molecule has 0 saturated heterocycles. The van der Waals surface area contributed by atoms with Crippen molar-refractivity contribution in [2.24, 2.45) is 0 Å². The second-order valence-corrected chi connectivity index (χ2v) is 10.9. The van der Waals surface area contributed by atoms with Crippen LogP contribution in [0.4, 0.5) is 5.69 Å². The fourth-order valence-electron chi connectivity index (χ4n) is 4.10. The fourth-order valence-corrected chi connectivity index (χ4v) is 4.95. The SMILES string of the molecule is CCNC(=O)[C@@H](CC)N(Cc1ccccc1C)C(=O)CN(c1ccc(Oc2ccccc2)cc1)S(C)(=O)=O. The summed E-state index contributed by atoms with van der Waals surface area (Å²) < 4.78 is 32.5. The maximum absolute atomic E-state index is 13.7. The molecule has 0 aliphatic heterocycles. The number of nitrogens with one attached hydrogen (secondary N) is 1. The Morgan fingerprint density at radius 3 is 2.08 bits per heavy atom. The molecule has 0 radical (unpaired) electrons. The number of aryl methyl sites for hydroxylation is 1. The van der Waals surface area contributed by atoms with Crippen molar-refractivity contribution in [3.63, 3.8) is 0 Å². The van der Waals surface area contributed by atoms with Crippen molar-refractivity contribution >= 4 is 27.5 Å². The van der Waals surface area contributed by atoms with Crippen LogP contribution >= 0.6 is 0 Å². The molecule has 2 amide bonds. The Balaban J connectivity index is 1.89. The van der Waals surface area contributed by atoms with E-state index < -0.39 is 28.5 Å². The lowest BCUT2D eigenvalue weighted by Crippen LogP contribution is -2.52. The first-order valence-electron chi connectivity index (χ1n) is 12.6. The summed E-state index contributed by atoms with van der Waals surface area (Å²) in [6.07, 6.45) is 1.44. The van der Waals surface area contributed by atoms with E-state index in [1.807, 2.05) is 75.4 Å². The van der Waals surface area contributed by atoms with Crippen LogP contribution in [0.15, 0.2) is 78.9 Å². The minimum Gasteiger partial charge on any atom is -0.457 e. The fraction of sp³-hybridized carbons (Fsp3) is 0.310. The summed E-state index contributed by atoms with van der Waals surface area (Å²) in [6.45, 7) is 5.75. The molecule has 0 heterocycles. The van der Waals surface area contributed by atoms with E-state index in [-0.39, 0.29) is 12.5 Å². The predicted octanol–water partition coefficient (Wildman–Crippen LogP) is 4.50. The van der Waals surface area contributed by atoms with Gasteiger partial charge in [0.25, 0.3) is 0 Å². The predicted molar refractivity (Wildman–Crippen MR) is 150 cm³/mol. The number of hydrogen-bond acceptors (Lipinski definition) is 5. The van der Waals surface area contributed by atoms with Gasteiger partial charge in [-0.1, -0.05) is 49.4 Å². The van der Waals surface area contributed by atoms with E-state index in [1.165, 1.54) is 4.90 Å². The molecule has 3 aromatic carbocycles. The first kappa shape index (κ1) is 28.7. The van der Waals surface area contributed by atoms with Crippen LogP contribution in [0.3, 0.4) is 0 Å². The third kappa shape index (κ3) is 7.58. The highest BCUT2D eigenvalue weighted by Crippen LogP contribution is 2.26. The maximum atomic E-state index is 13.7. The number of carbonyl (C=O) groups is 2. The number of nitrogens with zero attached hydrogens (tertiary/aromatic N) is 2.